The second-order valence-corrected chi connectivity index (χ2v) is 9.20. The van der Waals surface area contributed by atoms with E-state index >= 15 is 0 Å². The van der Waals surface area contributed by atoms with Crippen molar-refractivity contribution < 1.29 is 28.6 Å². The predicted octanol–water partition coefficient (Wildman–Crippen LogP) is 3.52. The lowest BCUT2D eigenvalue weighted by Gasteiger charge is -2.48. The van der Waals surface area contributed by atoms with Crippen LogP contribution in [0.2, 0.25) is 0 Å². The van der Waals surface area contributed by atoms with Crippen LogP contribution in [0, 0.1) is 0 Å². The van der Waals surface area contributed by atoms with Crippen LogP contribution in [0.3, 0.4) is 0 Å². The summed E-state index contributed by atoms with van der Waals surface area (Å²) in [5.74, 6) is -1.36. The molecule has 0 spiro atoms. The fourth-order valence-electron chi connectivity index (χ4n) is 5.05. The number of carbonyl (C=O) groups is 3. The molecule has 3 aromatic rings. The molecule has 1 aliphatic rings. The second kappa shape index (κ2) is 13.1. The number of ether oxygens (including phenoxy) is 3. The van der Waals surface area contributed by atoms with Gasteiger partial charge in [0.05, 0.1) is 41.3 Å². The summed E-state index contributed by atoms with van der Waals surface area (Å²) < 4.78 is 15.7. The number of rotatable bonds is 9. The van der Waals surface area contributed by atoms with Gasteiger partial charge in [-0.15, -0.1) is 0 Å². The molecule has 0 saturated carbocycles. The van der Waals surface area contributed by atoms with E-state index in [1.807, 2.05) is 106 Å². The molecule has 4 rings (SSSR count). The Kier molecular flexibility index (Phi) is 9.43. The van der Waals surface area contributed by atoms with Crippen molar-refractivity contribution in [3.63, 3.8) is 0 Å². The fraction of sp³-hybridized carbons (Fsp3) is 0.300. The molecular weight excluding hydrogens is 498 g/mol. The maximum Gasteiger partial charge on any atom is 0.327 e. The summed E-state index contributed by atoms with van der Waals surface area (Å²) in [5, 5.41) is 0. The molecule has 39 heavy (non-hydrogen) atoms. The number of carbonyl (C=O) groups excluding carboxylic acids is 3. The van der Waals surface area contributed by atoms with Gasteiger partial charge in [-0.05, 0) is 16.7 Å². The second-order valence-electron chi connectivity index (χ2n) is 9.20. The van der Waals surface area contributed by atoms with Gasteiger partial charge in [0.2, 0.25) is 0 Å². The SMILES string of the molecule is COC(=O)C(c1ccccc1)N1CN(C(C(=O)OC)c2ccccc2)CN(C(C(=O)OC)c2ccccc2)C1. The summed E-state index contributed by atoms with van der Waals surface area (Å²) >= 11 is 0. The number of nitrogens with zero attached hydrogens (tertiary/aromatic N) is 3. The van der Waals surface area contributed by atoms with E-state index in [4.69, 9.17) is 14.2 Å². The minimum Gasteiger partial charge on any atom is -0.468 e. The fourth-order valence-corrected chi connectivity index (χ4v) is 5.05. The van der Waals surface area contributed by atoms with E-state index in [0.29, 0.717) is 0 Å². The van der Waals surface area contributed by atoms with Crippen molar-refractivity contribution in [2.75, 3.05) is 41.3 Å². The number of esters is 3. The highest BCUT2D eigenvalue weighted by Crippen LogP contribution is 2.34. The minimum absolute atomic E-state index is 0.225. The van der Waals surface area contributed by atoms with Gasteiger partial charge < -0.3 is 14.2 Å². The Morgan fingerprint density at radius 2 is 0.718 bits per heavy atom. The first-order valence-electron chi connectivity index (χ1n) is 12.6. The quantitative estimate of drug-likeness (QED) is 0.304. The van der Waals surface area contributed by atoms with Crippen LogP contribution in [0.15, 0.2) is 91.0 Å². The van der Waals surface area contributed by atoms with Crippen LogP contribution in [0.25, 0.3) is 0 Å². The summed E-state index contributed by atoms with van der Waals surface area (Å²) in [4.78, 5) is 45.3. The number of hydrogen-bond acceptors (Lipinski definition) is 9. The third-order valence-corrected chi connectivity index (χ3v) is 6.80. The maximum atomic E-state index is 13.2. The third kappa shape index (κ3) is 6.34. The third-order valence-electron chi connectivity index (χ3n) is 6.80. The monoisotopic (exact) mass is 531 g/mol. The normalized spacial score (nSPS) is 17.0. The molecule has 3 unspecified atom stereocenters. The van der Waals surface area contributed by atoms with Crippen molar-refractivity contribution in [1.29, 1.82) is 0 Å². The summed E-state index contributed by atoms with van der Waals surface area (Å²) in [5.41, 5.74) is 2.19. The largest absolute Gasteiger partial charge is 0.468 e. The summed E-state index contributed by atoms with van der Waals surface area (Å²) in [6, 6.07) is 25.5. The zero-order chi connectivity index (χ0) is 27.8. The standard InChI is InChI=1S/C30H33N3O6/c1-37-28(34)25(22-13-7-4-8-14-22)31-19-32(26(29(35)38-2)23-15-9-5-10-16-23)21-33(20-31)27(30(36)39-3)24-17-11-6-12-18-24/h4-18,25-27H,19-21H2,1-3H3. The zero-order valence-electron chi connectivity index (χ0n) is 22.3. The number of hydrogen-bond donors (Lipinski definition) is 0. The van der Waals surface area contributed by atoms with E-state index in [1.54, 1.807) is 0 Å². The van der Waals surface area contributed by atoms with E-state index in [-0.39, 0.29) is 20.0 Å². The molecule has 0 amide bonds. The Morgan fingerprint density at radius 1 is 0.487 bits per heavy atom. The Hall–Kier alpha value is -4.05. The average Bonchev–Trinajstić information content (AvgIpc) is 2.99. The van der Waals surface area contributed by atoms with Crippen molar-refractivity contribution in [3.05, 3.63) is 108 Å². The Balaban J connectivity index is 1.82. The van der Waals surface area contributed by atoms with Crippen LogP contribution in [0.1, 0.15) is 34.8 Å². The molecule has 9 heteroatoms. The molecule has 0 aromatic heterocycles. The van der Waals surface area contributed by atoms with Crippen molar-refractivity contribution in [3.8, 4) is 0 Å². The molecule has 9 nitrogen and oxygen atoms in total. The van der Waals surface area contributed by atoms with Crippen LogP contribution >= 0.6 is 0 Å². The lowest BCUT2D eigenvalue weighted by Crippen LogP contribution is -2.60. The van der Waals surface area contributed by atoms with Crippen molar-refractivity contribution in [1.82, 2.24) is 14.7 Å². The van der Waals surface area contributed by atoms with E-state index < -0.39 is 36.0 Å². The van der Waals surface area contributed by atoms with E-state index in [2.05, 4.69) is 0 Å². The molecule has 3 aromatic carbocycles. The first kappa shape index (κ1) is 28.0. The molecule has 1 saturated heterocycles. The lowest BCUT2D eigenvalue weighted by molar-refractivity contribution is -0.167. The topological polar surface area (TPSA) is 88.6 Å². The van der Waals surface area contributed by atoms with Crippen LogP contribution in [0.4, 0.5) is 0 Å². The van der Waals surface area contributed by atoms with Gasteiger partial charge in [-0.1, -0.05) is 91.0 Å². The molecule has 0 N–H and O–H groups in total. The molecule has 1 aliphatic heterocycles. The summed E-state index contributed by atoms with van der Waals surface area (Å²) in [7, 11) is 4.04. The molecular formula is C30H33N3O6. The minimum atomic E-state index is -0.787. The number of benzene rings is 3. The van der Waals surface area contributed by atoms with Gasteiger partial charge in [-0.25, -0.2) is 14.4 Å². The Bertz CT molecular complexity index is 1080. The maximum absolute atomic E-state index is 13.2. The molecule has 3 atom stereocenters. The van der Waals surface area contributed by atoms with Crippen LogP contribution < -0.4 is 0 Å². The van der Waals surface area contributed by atoms with E-state index in [0.717, 1.165) is 16.7 Å². The summed E-state index contributed by atoms with van der Waals surface area (Å²) in [6.07, 6.45) is 0. The van der Waals surface area contributed by atoms with Crippen molar-refractivity contribution >= 4 is 17.9 Å². The molecule has 1 fully saturated rings. The molecule has 1 heterocycles. The smallest absolute Gasteiger partial charge is 0.327 e. The van der Waals surface area contributed by atoms with Crippen molar-refractivity contribution in [2.24, 2.45) is 0 Å². The summed E-state index contributed by atoms with van der Waals surface area (Å²) in [6.45, 7) is 0.674. The predicted molar refractivity (Wildman–Crippen MR) is 144 cm³/mol. The molecule has 0 bridgehead atoms. The molecule has 204 valence electrons. The number of methoxy groups -OCH3 is 3. The van der Waals surface area contributed by atoms with Gasteiger partial charge in [-0.2, -0.15) is 0 Å². The van der Waals surface area contributed by atoms with Gasteiger partial charge in [-0.3, -0.25) is 14.7 Å². The Labute approximate surface area is 228 Å². The van der Waals surface area contributed by atoms with Crippen LogP contribution in [0.5, 0.6) is 0 Å². The van der Waals surface area contributed by atoms with Gasteiger partial charge >= 0.3 is 17.9 Å². The highest BCUT2D eigenvalue weighted by molar-refractivity contribution is 5.79. The van der Waals surface area contributed by atoms with Gasteiger partial charge in [0.1, 0.15) is 18.1 Å². The van der Waals surface area contributed by atoms with Gasteiger partial charge in [0, 0.05) is 0 Å². The molecule has 0 aliphatic carbocycles. The van der Waals surface area contributed by atoms with Gasteiger partial charge in [0.15, 0.2) is 0 Å². The van der Waals surface area contributed by atoms with Gasteiger partial charge in [0.25, 0.3) is 0 Å². The lowest BCUT2D eigenvalue weighted by atomic mass is 10.0. The van der Waals surface area contributed by atoms with E-state index in [1.165, 1.54) is 21.3 Å². The highest BCUT2D eigenvalue weighted by Gasteiger charge is 2.43. The van der Waals surface area contributed by atoms with Crippen molar-refractivity contribution in [2.45, 2.75) is 18.1 Å². The zero-order valence-corrected chi connectivity index (χ0v) is 22.3. The molecule has 0 radical (unpaired) electrons. The first-order valence-corrected chi connectivity index (χ1v) is 12.6. The van der Waals surface area contributed by atoms with E-state index in [9.17, 15) is 14.4 Å². The van der Waals surface area contributed by atoms with Crippen LogP contribution in [-0.4, -0.2) is 73.9 Å². The highest BCUT2D eigenvalue weighted by atomic mass is 16.5. The first-order chi connectivity index (χ1) is 19.0. The Morgan fingerprint density at radius 3 is 0.923 bits per heavy atom. The van der Waals surface area contributed by atoms with Crippen LogP contribution in [-0.2, 0) is 28.6 Å². The average molecular weight is 532 g/mol.